The van der Waals surface area contributed by atoms with Crippen LogP contribution < -0.4 is 10.6 Å². The lowest BCUT2D eigenvalue weighted by atomic mass is 10.2. The van der Waals surface area contributed by atoms with Gasteiger partial charge in [-0.05, 0) is 62.2 Å². The molecule has 0 aliphatic carbocycles. The molecule has 10 heteroatoms. The zero-order chi connectivity index (χ0) is 24.6. The first-order chi connectivity index (χ1) is 16.3. The van der Waals surface area contributed by atoms with Gasteiger partial charge in [0, 0.05) is 30.9 Å². The average molecular weight is 488 g/mol. The Hall–Kier alpha value is -3.24. The molecule has 0 spiro atoms. The molecule has 182 valence electrons. The Labute approximate surface area is 199 Å². The minimum absolute atomic E-state index is 0.121. The molecule has 1 saturated heterocycles. The molecule has 1 aliphatic heterocycles. The number of hydrogen-bond acceptors (Lipinski definition) is 6. The molecule has 1 heterocycles. The third-order valence-electron chi connectivity index (χ3n) is 5.37. The minimum Gasteiger partial charge on any atom is -0.452 e. The van der Waals surface area contributed by atoms with Gasteiger partial charge in [0.2, 0.25) is 10.0 Å². The van der Waals surface area contributed by atoms with Crippen molar-refractivity contribution in [1.29, 1.82) is 0 Å². The number of hydrogen-bond donors (Lipinski definition) is 2. The number of benzene rings is 2. The number of carbonyl (C=O) groups excluding carboxylic acids is 3. The largest absolute Gasteiger partial charge is 0.452 e. The molecule has 0 radical (unpaired) electrons. The van der Waals surface area contributed by atoms with Crippen LogP contribution in [-0.4, -0.2) is 56.7 Å². The number of anilines is 1. The summed E-state index contributed by atoms with van der Waals surface area (Å²) in [6.07, 6.45) is 3.71. The van der Waals surface area contributed by atoms with Crippen LogP contribution in [0, 0.1) is 0 Å². The molecule has 0 unspecified atom stereocenters. The molecule has 3 rings (SSSR count). The molecule has 0 aromatic heterocycles. The van der Waals surface area contributed by atoms with Crippen molar-refractivity contribution in [3.05, 3.63) is 59.7 Å². The lowest BCUT2D eigenvalue weighted by Gasteiger charge is -2.19. The quantitative estimate of drug-likeness (QED) is 0.552. The van der Waals surface area contributed by atoms with E-state index in [2.05, 4.69) is 10.6 Å². The summed E-state index contributed by atoms with van der Waals surface area (Å²) in [5.41, 5.74) is 0.931. The lowest BCUT2D eigenvalue weighted by Crippen LogP contribution is -2.31. The molecule has 0 bridgehead atoms. The second-order valence-corrected chi connectivity index (χ2v) is 9.85. The van der Waals surface area contributed by atoms with Crippen LogP contribution in [0.2, 0.25) is 0 Å². The summed E-state index contributed by atoms with van der Waals surface area (Å²) in [6.45, 7) is 2.75. The normalized spacial score (nSPS) is 14.6. The van der Waals surface area contributed by atoms with E-state index in [1.165, 1.54) is 34.6 Å². The first-order valence-electron chi connectivity index (χ1n) is 11.3. The summed E-state index contributed by atoms with van der Waals surface area (Å²) in [6, 6.07) is 11.9. The predicted octanol–water partition coefficient (Wildman–Crippen LogP) is 2.80. The number of amides is 2. The van der Waals surface area contributed by atoms with Crippen LogP contribution in [-0.2, 0) is 19.6 Å². The number of nitrogens with zero attached hydrogens (tertiary/aromatic N) is 1. The number of ether oxygens (including phenoxy) is 1. The average Bonchev–Trinajstić information content (AvgIpc) is 3.13. The van der Waals surface area contributed by atoms with Crippen molar-refractivity contribution in [2.45, 2.75) is 37.5 Å². The van der Waals surface area contributed by atoms with Crippen LogP contribution in [0.3, 0.4) is 0 Å². The highest BCUT2D eigenvalue weighted by atomic mass is 32.2. The molecular weight excluding hydrogens is 458 g/mol. The van der Waals surface area contributed by atoms with Crippen molar-refractivity contribution in [3.8, 4) is 0 Å². The highest BCUT2D eigenvalue weighted by Crippen LogP contribution is 2.21. The van der Waals surface area contributed by atoms with Crippen LogP contribution >= 0.6 is 0 Å². The maximum atomic E-state index is 12.8. The Morgan fingerprint density at radius 3 is 2.26 bits per heavy atom. The Bertz CT molecular complexity index is 1120. The number of esters is 1. The van der Waals surface area contributed by atoms with E-state index in [0.29, 0.717) is 30.9 Å². The van der Waals surface area contributed by atoms with E-state index in [0.717, 1.165) is 25.7 Å². The Balaban J connectivity index is 1.55. The van der Waals surface area contributed by atoms with Crippen molar-refractivity contribution in [2.24, 2.45) is 0 Å². The minimum atomic E-state index is -3.61. The van der Waals surface area contributed by atoms with E-state index in [1.807, 2.05) is 0 Å². The van der Waals surface area contributed by atoms with Crippen molar-refractivity contribution in [2.75, 3.05) is 31.6 Å². The highest BCUT2D eigenvalue weighted by Gasteiger charge is 2.25. The van der Waals surface area contributed by atoms with Crippen molar-refractivity contribution in [3.63, 3.8) is 0 Å². The first kappa shape index (κ1) is 25.4. The van der Waals surface area contributed by atoms with Gasteiger partial charge < -0.3 is 15.4 Å². The van der Waals surface area contributed by atoms with E-state index in [9.17, 15) is 22.8 Å². The van der Waals surface area contributed by atoms with Crippen LogP contribution in [0.1, 0.15) is 53.3 Å². The molecule has 0 saturated carbocycles. The molecule has 2 aromatic rings. The molecule has 0 atom stereocenters. The van der Waals surface area contributed by atoms with E-state index in [1.54, 1.807) is 25.1 Å². The van der Waals surface area contributed by atoms with Crippen LogP contribution in [0.25, 0.3) is 0 Å². The van der Waals surface area contributed by atoms with Crippen molar-refractivity contribution >= 4 is 33.5 Å². The van der Waals surface area contributed by atoms with E-state index in [-0.39, 0.29) is 16.4 Å². The summed E-state index contributed by atoms with van der Waals surface area (Å²) in [7, 11) is -3.61. The number of carbonyl (C=O) groups is 3. The molecular formula is C24H29N3O6S. The SMILES string of the molecule is CCNC(=O)c1cccc(NC(=O)COC(=O)c2ccc(S(=O)(=O)N3CCCCCC3)cc2)c1. The lowest BCUT2D eigenvalue weighted by molar-refractivity contribution is -0.119. The second kappa shape index (κ2) is 11.8. The number of nitrogens with one attached hydrogen (secondary N) is 2. The molecule has 2 N–H and O–H groups in total. The molecule has 9 nitrogen and oxygen atoms in total. The maximum absolute atomic E-state index is 12.8. The van der Waals surface area contributed by atoms with Gasteiger partial charge >= 0.3 is 5.97 Å². The van der Waals surface area contributed by atoms with Gasteiger partial charge in [0.15, 0.2) is 6.61 Å². The third kappa shape index (κ3) is 6.64. The zero-order valence-electron chi connectivity index (χ0n) is 19.1. The van der Waals surface area contributed by atoms with E-state index in [4.69, 9.17) is 4.74 Å². The van der Waals surface area contributed by atoms with Crippen LogP contribution in [0.5, 0.6) is 0 Å². The topological polar surface area (TPSA) is 122 Å². The molecule has 2 aromatic carbocycles. The van der Waals surface area contributed by atoms with Gasteiger partial charge in [-0.1, -0.05) is 18.9 Å². The highest BCUT2D eigenvalue weighted by molar-refractivity contribution is 7.89. The Kier molecular flexibility index (Phi) is 8.78. The fraction of sp³-hybridized carbons (Fsp3) is 0.375. The molecule has 2 amide bonds. The van der Waals surface area contributed by atoms with Crippen molar-refractivity contribution in [1.82, 2.24) is 9.62 Å². The van der Waals surface area contributed by atoms with Gasteiger partial charge in [0.1, 0.15) is 0 Å². The van der Waals surface area contributed by atoms with Gasteiger partial charge in [0.25, 0.3) is 11.8 Å². The van der Waals surface area contributed by atoms with Gasteiger partial charge in [-0.2, -0.15) is 4.31 Å². The third-order valence-corrected chi connectivity index (χ3v) is 7.29. The van der Waals surface area contributed by atoms with E-state index < -0.39 is 28.5 Å². The molecule has 34 heavy (non-hydrogen) atoms. The number of sulfonamides is 1. The van der Waals surface area contributed by atoms with E-state index >= 15 is 0 Å². The first-order valence-corrected chi connectivity index (χ1v) is 12.7. The Morgan fingerprint density at radius 2 is 1.62 bits per heavy atom. The summed E-state index contributed by atoms with van der Waals surface area (Å²) in [5.74, 6) is -1.57. The predicted molar refractivity (Wildman–Crippen MR) is 127 cm³/mol. The summed E-state index contributed by atoms with van der Waals surface area (Å²) < 4.78 is 32.2. The maximum Gasteiger partial charge on any atom is 0.338 e. The van der Waals surface area contributed by atoms with Gasteiger partial charge in [0.05, 0.1) is 10.5 Å². The zero-order valence-corrected chi connectivity index (χ0v) is 19.9. The fourth-order valence-corrected chi connectivity index (χ4v) is 5.12. The van der Waals surface area contributed by atoms with Gasteiger partial charge in [-0.25, -0.2) is 13.2 Å². The van der Waals surface area contributed by atoms with Gasteiger partial charge in [-0.15, -0.1) is 0 Å². The smallest absolute Gasteiger partial charge is 0.338 e. The summed E-state index contributed by atoms with van der Waals surface area (Å²) in [4.78, 5) is 36.5. The monoisotopic (exact) mass is 487 g/mol. The summed E-state index contributed by atoms with van der Waals surface area (Å²) in [5, 5.41) is 5.25. The van der Waals surface area contributed by atoms with Crippen LogP contribution in [0.15, 0.2) is 53.4 Å². The summed E-state index contributed by atoms with van der Waals surface area (Å²) >= 11 is 0. The molecule has 1 fully saturated rings. The number of rotatable bonds is 8. The van der Waals surface area contributed by atoms with Crippen LogP contribution in [0.4, 0.5) is 5.69 Å². The standard InChI is InChI=1S/C24H29N3O6S/c1-2-25-23(29)19-8-7-9-20(16-19)26-22(28)17-33-24(30)18-10-12-21(13-11-18)34(31,32)27-14-5-3-4-6-15-27/h7-13,16H,2-6,14-15,17H2,1H3,(H,25,29)(H,26,28). The van der Waals surface area contributed by atoms with Gasteiger partial charge in [-0.3, -0.25) is 9.59 Å². The Morgan fingerprint density at radius 1 is 0.941 bits per heavy atom. The molecule has 1 aliphatic rings. The second-order valence-electron chi connectivity index (χ2n) is 7.91. The fourth-order valence-electron chi connectivity index (χ4n) is 3.61. The van der Waals surface area contributed by atoms with Crippen molar-refractivity contribution < 1.29 is 27.5 Å².